The maximum absolute atomic E-state index is 11.7. The third kappa shape index (κ3) is 3.46. The first-order valence-corrected chi connectivity index (χ1v) is 5.65. The van der Waals surface area contributed by atoms with Gasteiger partial charge in [-0.3, -0.25) is 4.79 Å². The lowest BCUT2D eigenvalue weighted by Crippen LogP contribution is -2.59. The Morgan fingerprint density at radius 2 is 1.74 bits per heavy atom. The van der Waals surface area contributed by atoms with Gasteiger partial charge in [0.05, 0.1) is 13.2 Å². The molecule has 1 unspecified atom stereocenters. The van der Waals surface area contributed by atoms with Gasteiger partial charge in [-0.1, -0.05) is 0 Å². The van der Waals surface area contributed by atoms with Crippen molar-refractivity contribution in [2.24, 2.45) is 0 Å². The SMILES string of the molecule is O=C(C1OC[C@@H](O)[C@@H](O)[C@@H]1O)[C@H](O)[C@@H](O)[C@@H](O)CO. The van der Waals surface area contributed by atoms with E-state index in [1.807, 2.05) is 0 Å². The summed E-state index contributed by atoms with van der Waals surface area (Å²) < 4.78 is 4.79. The molecule has 0 bridgehead atoms. The van der Waals surface area contributed by atoms with Crippen LogP contribution < -0.4 is 0 Å². The number of Topliss-reactive ketones (excluding diaryl/α,β-unsaturated/α-hetero) is 1. The molecular weight excluding hydrogens is 264 g/mol. The fourth-order valence-corrected chi connectivity index (χ4v) is 1.71. The van der Waals surface area contributed by atoms with Gasteiger partial charge in [-0.25, -0.2) is 0 Å². The first-order valence-electron chi connectivity index (χ1n) is 5.65. The van der Waals surface area contributed by atoms with Crippen LogP contribution in [0.15, 0.2) is 0 Å². The van der Waals surface area contributed by atoms with Crippen molar-refractivity contribution in [2.75, 3.05) is 13.2 Å². The summed E-state index contributed by atoms with van der Waals surface area (Å²) in [5, 5.41) is 64.7. The van der Waals surface area contributed by atoms with Crippen molar-refractivity contribution in [3.8, 4) is 0 Å². The second-order valence-corrected chi connectivity index (χ2v) is 4.39. The van der Waals surface area contributed by atoms with Gasteiger partial charge in [-0.2, -0.15) is 0 Å². The van der Waals surface area contributed by atoms with E-state index in [-0.39, 0.29) is 0 Å². The monoisotopic (exact) mass is 282 g/mol. The van der Waals surface area contributed by atoms with E-state index in [2.05, 4.69) is 0 Å². The second kappa shape index (κ2) is 6.68. The van der Waals surface area contributed by atoms with E-state index in [1.54, 1.807) is 0 Å². The van der Waals surface area contributed by atoms with Crippen LogP contribution in [0.25, 0.3) is 0 Å². The van der Waals surface area contributed by atoms with E-state index in [0.29, 0.717) is 0 Å². The van der Waals surface area contributed by atoms with Gasteiger partial charge in [0, 0.05) is 0 Å². The van der Waals surface area contributed by atoms with Gasteiger partial charge in [-0.15, -0.1) is 0 Å². The lowest BCUT2D eigenvalue weighted by molar-refractivity contribution is -0.199. The van der Waals surface area contributed by atoms with Crippen molar-refractivity contribution in [1.29, 1.82) is 0 Å². The summed E-state index contributed by atoms with van der Waals surface area (Å²) in [5.74, 6) is -1.17. The molecule has 0 amide bonds. The number of rotatable bonds is 5. The number of aliphatic hydroxyl groups excluding tert-OH is 7. The summed E-state index contributed by atoms with van der Waals surface area (Å²) >= 11 is 0. The molecule has 7 atom stereocenters. The van der Waals surface area contributed by atoms with Gasteiger partial charge in [-0.05, 0) is 0 Å². The van der Waals surface area contributed by atoms with E-state index in [9.17, 15) is 30.3 Å². The maximum atomic E-state index is 11.7. The van der Waals surface area contributed by atoms with E-state index in [1.165, 1.54) is 0 Å². The summed E-state index contributed by atoms with van der Waals surface area (Å²) in [6.07, 6.45) is -12.2. The highest BCUT2D eigenvalue weighted by atomic mass is 16.5. The average Bonchev–Trinajstić information content (AvgIpc) is 2.41. The zero-order valence-electron chi connectivity index (χ0n) is 9.90. The van der Waals surface area contributed by atoms with Gasteiger partial charge in [0.1, 0.15) is 42.7 Å². The van der Waals surface area contributed by atoms with Crippen LogP contribution in [0.3, 0.4) is 0 Å². The highest BCUT2D eigenvalue weighted by Gasteiger charge is 2.45. The van der Waals surface area contributed by atoms with Gasteiger partial charge < -0.3 is 40.5 Å². The fraction of sp³-hybridized carbons (Fsp3) is 0.900. The van der Waals surface area contributed by atoms with Crippen LogP contribution >= 0.6 is 0 Å². The number of ether oxygens (including phenoxy) is 1. The minimum absolute atomic E-state index is 0.431. The van der Waals surface area contributed by atoms with Crippen molar-refractivity contribution in [3.63, 3.8) is 0 Å². The standard InChI is InChI=1S/C10H18O9/c11-1-3(12)5(14)7(16)9(18)10-8(17)6(15)4(13)2-19-10/h3-8,10-17H,1-2H2/t3-,4+,5-,6+,7+,8-,10?/m0/s1. The fourth-order valence-electron chi connectivity index (χ4n) is 1.71. The molecule has 9 heteroatoms. The Morgan fingerprint density at radius 1 is 1.16 bits per heavy atom. The lowest BCUT2D eigenvalue weighted by atomic mass is 9.92. The van der Waals surface area contributed by atoms with E-state index >= 15 is 0 Å². The lowest BCUT2D eigenvalue weighted by Gasteiger charge is -2.35. The number of hydrogen-bond donors (Lipinski definition) is 7. The van der Waals surface area contributed by atoms with Crippen LogP contribution in [-0.2, 0) is 9.53 Å². The molecule has 0 aromatic rings. The molecule has 0 spiro atoms. The highest BCUT2D eigenvalue weighted by Crippen LogP contribution is 2.18. The molecule has 112 valence electrons. The summed E-state index contributed by atoms with van der Waals surface area (Å²) in [6.45, 7) is -1.30. The predicted octanol–water partition coefficient (Wildman–Crippen LogP) is -4.89. The van der Waals surface area contributed by atoms with E-state index in [4.69, 9.17) is 14.9 Å². The molecule has 1 rings (SSSR count). The smallest absolute Gasteiger partial charge is 0.195 e. The molecule has 9 nitrogen and oxygen atoms in total. The molecular formula is C10H18O9. The first-order chi connectivity index (χ1) is 8.81. The minimum Gasteiger partial charge on any atom is -0.394 e. The zero-order chi connectivity index (χ0) is 14.7. The number of aliphatic hydroxyl groups is 7. The van der Waals surface area contributed by atoms with Crippen molar-refractivity contribution < 1.29 is 45.3 Å². The van der Waals surface area contributed by atoms with Crippen LogP contribution in [0, 0.1) is 0 Å². The van der Waals surface area contributed by atoms with E-state index < -0.39 is 61.7 Å². The third-order valence-corrected chi connectivity index (χ3v) is 2.98. The molecule has 0 aliphatic carbocycles. The summed E-state index contributed by atoms with van der Waals surface area (Å²) in [7, 11) is 0. The van der Waals surface area contributed by atoms with Gasteiger partial charge >= 0.3 is 0 Å². The molecule has 0 saturated carbocycles. The quantitative estimate of drug-likeness (QED) is 0.261. The van der Waals surface area contributed by atoms with Crippen molar-refractivity contribution in [3.05, 3.63) is 0 Å². The first kappa shape index (κ1) is 16.4. The molecule has 1 saturated heterocycles. The Labute approximate surface area is 108 Å². The largest absolute Gasteiger partial charge is 0.394 e. The molecule has 1 aliphatic heterocycles. The van der Waals surface area contributed by atoms with Crippen molar-refractivity contribution >= 4 is 5.78 Å². The Balaban J connectivity index is 2.72. The number of hydrogen-bond acceptors (Lipinski definition) is 9. The molecule has 0 radical (unpaired) electrons. The van der Waals surface area contributed by atoms with Crippen molar-refractivity contribution in [2.45, 2.75) is 42.7 Å². The van der Waals surface area contributed by atoms with Crippen LogP contribution in [0.5, 0.6) is 0 Å². The van der Waals surface area contributed by atoms with Crippen LogP contribution in [-0.4, -0.2) is 97.5 Å². The Morgan fingerprint density at radius 3 is 2.26 bits per heavy atom. The van der Waals surface area contributed by atoms with Gasteiger partial charge in [0.25, 0.3) is 0 Å². The third-order valence-electron chi connectivity index (χ3n) is 2.98. The minimum atomic E-state index is -2.11. The Kier molecular flexibility index (Phi) is 5.77. The summed E-state index contributed by atoms with van der Waals surface area (Å²) in [6, 6.07) is 0. The van der Waals surface area contributed by atoms with Crippen molar-refractivity contribution in [1.82, 2.24) is 0 Å². The predicted molar refractivity (Wildman–Crippen MR) is 57.9 cm³/mol. The van der Waals surface area contributed by atoms with E-state index in [0.717, 1.165) is 0 Å². The molecule has 19 heavy (non-hydrogen) atoms. The summed E-state index contributed by atoms with van der Waals surface area (Å²) in [4.78, 5) is 11.7. The number of ketones is 1. The number of carbonyl (C=O) groups excluding carboxylic acids is 1. The zero-order valence-corrected chi connectivity index (χ0v) is 9.90. The van der Waals surface area contributed by atoms with Crippen LogP contribution in [0.4, 0.5) is 0 Å². The average molecular weight is 282 g/mol. The molecule has 0 aromatic heterocycles. The molecule has 1 fully saturated rings. The normalized spacial score (nSPS) is 36.6. The van der Waals surface area contributed by atoms with Gasteiger partial charge in [0.2, 0.25) is 0 Å². The molecule has 1 heterocycles. The summed E-state index contributed by atoms with van der Waals surface area (Å²) in [5.41, 5.74) is 0. The molecule has 7 N–H and O–H groups in total. The van der Waals surface area contributed by atoms with Crippen LogP contribution in [0.2, 0.25) is 0 Å². The molecule has 0 aromatic carbocycles. The van der Waals surface area contributed by atoms with Crippen LogP contribution in [0.1, 0.15) is 0 Å². The van der Waals surface area contributed by atoms with Gasteiger partial charge in [0.15, 0.2) is 5.78 Å². The molecule has 1 aliphatic rings. The highest BCUT2D eigenvalue weighted by molar-refractivity contribution is 5.88. The second-order valence-electron chi connectivity index (χ2n) is 4.39. The Hall–Kier alpha value is -0.650. The maximum Gasteiger partial charge on any atom is 0.195 e. The topological polar surface area (TPSA) is 168 Å². The number of carbonyl (C=O) groups is 1. The Bertz CT molecular complexity index is 309.